The minimum atomic E-state index is -1.34. The highest BCUT2D eigenvalue weighted by Gasteiger charge is 2.23. The van der Waals surface area contributed by atoms with Crippen LogP contribution in [0.3, 0.4) is 0 Å². The molecular formula is C21H19F2NO7S. The van der Waals surface area contributed by atoms with Crippen molar-refractivity contribution in [3.63, 3.8) is 0 Å². The summed E-state index contributed by atoms with van der Waals surface area (Å²) in [5.41, 5.74) is 0.0188. The number of nitrogens with one attached hydrogen (secondary N) is 1. The van der Waals surface area contributed by atoms with Crippen LogP contribution in [0.2, 0.25) is 0 Å². The monoisotopic (exact) mass is 467 g/mol. The Hall–Kier alpha value is -3.47. The lowest BCUT2D eigenvalue weighted by atomic mass is 10.0. The largest absolute Gasteiger partial charge is 0.513 e. The third-order valence-electron chi connectivity index (χ3n) is 3.95. The zero-order valence-electron chi connectivity index (χ0n) is 17.0. The predicted molar refractivity (Wildman–Crippen MR) is 111 cm³/mol. The molecule has 2 rings (SSSR count). The van der Waals surface area contributed by atoms with Gasteiger partial charge in [-0.15, -0.1) is 0 Å². The van der Waals surface area contributed by atoms with E-state index in [4.69, 9.17) is 9.47 Å². The molecule has 0 aromatic heterocycles. The van der Waals surface area contributed by atoms with Crippen LogP contribution in [-0.2, 0) is 14.3 Å². The summed E-state index contributed by atoms with van der Waals surface area (Å²) >= 11 is 0.553. The van der Waals surface area contributed by atoms with E-state index >= 15 is 0 Å². The Morgan fingerprint density at radius 2 is 1.84 bits per heavy atom. The van der Waals surface area contributed by atoms with Gasteiger partial charge in [0.2, 0.25) is 11.0 Å². The quantitative estimate of drug-likeness (QED) is 0.446. The van der Waals surface area contributed by atoms with Crippen molar-refractivity contribution in [2.75, 3.05) is 12.4 Å². The summed E-state index contributed by atoms with van der Waals surface area (Å²) < 4.78 is 37.2. The highest BCUT2D eigenvalue weighted by Crippen LogP contribution is 2.31. The Balaban J connectivity index is 2.38. The maximum Gasteiger partial charge on any atom is 0.513 e. The van der Waals surface area contributed by atoms with Crippen LogP contribution < -0.4 is 10.1 Å². The molecule has 0 saturated heterocycles. The number of aliphatic carboxylic acids is 1. The van der Waals surface area contributed by atoms with Crippen molar-refractivity contribution in [3.8, 4) is 16.9 Å². The molecular weight excluding hydrogens is 448 g/mol. The first-order valence-corrected chi connectivity index (χ1v) is 10.2. The number of amides is 1. The van der Waals surface area contributed by atoms with Gasteiger partial charge in [-0.3, -0.25) is 9.59 Å². The van der Waals surface area contributed by atoms with Crippen LogP contribution >= 0.6 is 11.8 Å². The van der Waals surface area contributed by atoms with E-state index in [2.05, 4.69) is 5.32 Å². The number of ether oxygens (including phenoxy) is 2. The number of carbonyl (C=O) groups excluding carboxylic acids is 3. The van der Waals surface area contributed by atoms with Crippen LogP contribution in [0.25, 0.3) is 11.1 Å². The van der Waals surface area contributed by atoms with E-state index in [0.717, 1.165) is 13.0 Å². The van der Waals surface area contributed by atoms with Gasteiger partial charge in [0, 0.05) is 24.3 Å². The second-order valence-corrected chi connectivity index (χ2v) is 7.30. The zero-order chi connectivity index (χ0) is 23.8. The third-order valence-corrected chi connectivity index (χ3v) is 4.94. The molecule has 170 valence electrons. The number of hydrogen-bond acceptors (Lipinski definition) is 7. The first kappa shape index (κ1) is 24.8. The van der Waals surface area contributed by atoms with E-state index in [9.17, 15) is 33.1 Å². The summed E-state index contributed by atoms with van der Waals surface area (Å²) in [6, 6.07) is 5.41. The molecule has 0 aliphatic rings. The molecule has 0 heterocycles. The van der Waals surface area contributed by atoms with E-state index in [1.165, 1.54) is 24.3 Å². The van der Waals surface area contributed by atoms with E-state index in [-0.39, 0.29) is 34.8 Å². The van der Waals surface area contributed by atoms with Crippen LogP contribution in [0, 0.1) is 11.6 Å². The van der Waals surface area contributed by atoms with Crippen molar-refractivity contribution in [1.29, 1.82) is 0 Å². The average molecular weight is 467 g/mol. The van der Waals surface area contributed by atoms with Crippen molar-refractivity contribution in [3.05, 3.63) is 53.6 Å². The topological polar surface area (TPSA) is 119 Å². The second-order valence-electron chi connectivity index (χ2n) is 6.31. The number of hydrogen-bond donors (Lipinski definition) is 2. The van der Waals surface area contributed by atoms with Gasteiger partial charge in [-0.25, -0.2) is 18.4 Å². The number of rotatable bonds is 8. The van der Waals surface area contributed by atoms with Gasteiger partial charge in [0.15, 0.2) is 0 Å². The van der Waals surface area contributed by atoms with Crippen LogP contribution in [0.5, 0.6) is 5.75 Å². The molecule has 32 heavy (non-hydrogen) atoms. The number of carbonyl (C=O) groups is 4. The molecule has 1 atom stereocenters. The van der Waals surface area contributed by atoms with Crippen molar-refractivity contribution in [2.24, 2.45) is 0 Å². The van der Waals surface area contributed by atoms with Crippen molar-refractivity contribution in [2.45, 2.75) is 19.9 Å². The van der Waals surface area contributed by atoms with Crippen LogP contribution in [0.1, 0.15) is 24.2 Å². The summed E-state index contributed by atoms with van der Waals surface area (Å²) in [7, 11) is 0. The number of benzene rings is 2. The summed E-state index contributed by atoms with van der Waals surface area (Å²) in [5.74, 6) is -4.10. The minimum absolute atomic E-state index is 0.00482. The van der Waals surface area contributed by atoms with Gasteiger partial charge >= 0.3 is 12.1 Å². The number of carboxylic acid groups (broad SMARTS) is 1. The molecule has 11 heteroatoms. The lowest BCUT2D eigenvalue weighted by molar-refractivity contribution is -0.140. The van der Waals surface area contributed by atoms with Gasteiger partial charge in [-0.2, -0.15) is 0 Å². The molecule has 0 spiro atoms. The van der Waals surface area contributed by atoms with Gasteiger partial charge in [0.25, 0.3) is 0 Å². The summed E-state index contributed by atoms with van der Waals surface area (Å²) in [6.45, 7) is 2.71. The Kier molecular flexibility index (Phi) is 8.71. The molecule has 2 N–H and O–H groups in total. The van der Waals surface area contributed by atoms with E-state index in [0.29, 0.717) is 17.8 Å². The van der Waals surface area contributed by atoms with Crippen molar-refractivity contribution in [1.82, 2.24) is 5.32 Å². The standard InChI is InChI=1S/C21H19F2NO7S/c1-3-30-21(29)31-18-7-4-12(14-6-5-13(22)9-16(14)23)8-15(18)20(28)32-10-17(19(26)27)24-11(2)25/h4-9,17H,3,10H2,1-2H3,(H,24,25)(H,26,27). The first-order valence-electron chi connectivity index (χ1n) is 9.23. The van der Waals surface area contributed by atoms with Crippen molar-refractivity contribution >= 4 is 34.9 Å². The molecule has 1 unspecified atom stereocenters. The number of halogens is 2. The Morgan fingerprint density at radius 3 is 2.44 bits per heavy atom. The Morgan fingerprint density at radius 1 is 1.12 bits per heavy atom. The lowest BCUT2D eigenvalue weighted by Gasteiger charge is -2.14. The molecule has 0 fully saturated rings. The molecule has 0 aliphatic heterocycles. The molecule has 2 aromatic carbocycles. The molecule has 0 aliphatic carbocycles. The summed E-state index contributed by atoms with van der Waals surface area (Å²) in [4.78, 5) is 47.0. The maximum absolute atomic E-state index is 14.2. The fourth-order valence-corrected chi connectivity index (χ4v) is 3.42. The van der Waals surface area contributed by atoms with Crippen LogP contribution in [0.4, 0.5) is 13.6 Å². The van der Waals surface area contributed by atoms with Crippen molar-refractivity contribution < 1.29 is 42.5 Å². The van der Waals surface area contributed by atoms with Crippen LogP contribution in [0.15, 0.2) is 36.4 Å². The molecule has 0 saturated carbocycles. The van der Waals surface area contributed by atoms with Crippen LogP contribution in [-0.4, -0.2) is 46.7 Å². The van der Waals surface area contributed by atoms with Gasteiger partial charge < -0.3 is 19.9 Å². The minimum Gasteiger partial charge on any atom is -0.480 e. The Bertz CT molecular complexity index is 1040. The smallest absolute Gasteiger partial charge is 0.480 e. The molecule has 0 bridgehead atoms. The fraction of sp³-hybridized carbons (Fsp3) is 0.238. The molecule has 1 amide bonds. The maximum atomic E-state index is 14.2. The SMILES string of the molecule is CCOC(=O)Oc1ccc(-c2ccc(F)cc2F)cc1C(=O)SCC(NC(C)=O)C(=O)O. The second kappa shape index (κ2) is 11.2. The predicted octanol–water partition coefficient (Wildman–Crippen LogP) is 3.63. The summed E-state index contributed by atoms with van der Waals surface area (Å²) in [6.07, 6.45) is -1.08. The number of carboxylic acids is 1. The normalized spacial score (nSPS) is 11.4. The highest BCUT2D eigenvalue weighted by atomic mass is 32.2. The zero-order valence-corrected chi connectivity index (χ0v) is 17.8. The first-order chi connectivity index (χ1) is 15.1. The number of thioether (sulfide) groups is 1. The molecule has 2 aromatic rings. The van der Waals surface area contributed by atoms with E-state index in [1.54, 1.807) is 6.92 Å². The highest BCUT2D eigenvalue weighted by molar-refractivity contribution is 8.14. The molecule has 0 radical (unpaired) electrons. The van der Waals surface area contributed by atoms with E-state index < -0.39 is 40.8 Å². The van der Waals surface area contributed by atoms with E-state index in [1.807, 2.05) is 0 Å². The molecule has 8 nitrogen and oxygen atoms in total. The van der Waals surface area contributed by atoms with Gasteiger partial charge in [0.1, 0.15) is 23.4 Å². The Labute approximate surface area is 185 Å². The van der Waals surface area contributed by atoms with Gasteiger partial charge in [-0.05, 0) is 36.8 Å². The lowest BCUT2D eigenvalue weighted by Crippen LogP contribution is -2.41. The fourth-order valence-electron chi connectivity index (χ4n) is 2.56. The van der Waals surface area contributed by atoms with Gasteiger partial charge in [-0.1, -0.05) is 17.8 Å². The third kappa shape index (κ3) is 6.77. The summed E-state index contributed by atoms with van der Waals surface area (Å²) in [5, 5.41) is 10.7. The van der Waals surface area contributed by atoms with Gasteiger partial charge in [0.05, 0.1) is 12.2 Å². The average Bonchev–Trinajstić information content (AvgIpc) is 2.71.